The molecule has 0 heterocycles. The Balaban J connectivity index is 2.08. The van der Waals surface area contributed by atoms with Crippen LogP contribution in [-0.2, 0) is 10.2 Å². The average molecular weight is 328 g/mol. The normalized spacial score (nSPS) is 11.7. The number of anilines is 1. The average Bonchev–Trinajstić information content (AvgIpc) is 2.48. The number of rotatable bonds is 3. The first-order valence-electron chi connectivity index (χ1n) is 7.61. The van der Waals surface area contributed by atoms with E-state index >= 15 is 0 Å². The van der Waals surface area contributed by atoms with Crippen molar-refractivity contribution < 1.29 is 4.79 Å². The third-order valence-corrected chi connectivity index (χ3v) is 4.03. The molecule has 0 radical (unpaired) electrons. The predicted molar refractivity (Wildman–Crippen MR) is 99.0 cm³/mol. The molecule has 120 valence electrons. The van der Waals surface area contributed by atoms with E-state index < -0.39 is 0 Å². The van der Waals surface area contributed by atoms with E-state index in [0.29, 0.717) is 5.02 Å². The number of amides is 1. The van der Waals surface area contributed by atoms with Gasteiger partial charge in [0.05, 0.1) is 0 Å². The molecule has 0 atom stereocenters. The van der Waals surface area contributed by atoms with E-state index in [9.17, 15) is 4.79 Å². The van der Waals surface area contributed by atoms with Crippen molar-refractivity contribution in [2.45, 2.75) is 33.1 Å². The van der Waals surface area contributed by atoms with Crippen molar-refractivity contribution in [2.24, 2.45) is 0 Å². The molecular formula is C20H22ClNO. The van der Waals surface area contributed by atoms with Gasteiger partial charge in [-0.2, -0.15) is 0 Å². The highest BCUT2D eigenvalue weighted by atomic mass is 35.5. The molecule has 0 bridgehead atoms. The van der Waals surface area contributed by atoms with E-state index in [0.717, 1.165) is 16.8 Å². The molecule has 0 aliphatic rings. The Kier molecular flexibility index (Phi) is 5.27. The molecule has 2 nitrogen and oxygen atoms in total. The second kappa shape index (κ2) is 7.01. The fourth-order valence-corrected chi connectivity index (χ4v) is 2.30. The number of carbonyl (C=O) groups is 1. The molecule has 0 saturated heterocycles. The molecule has 2 aromatic rings. The number of nitrogens with one attached hydrogen (secondary N) is 1. The molecule has 2 aromatic carbocycles. The van der Waals surface area contributed by atoms with Crippen molar-refractivity contribution >= 4 is 29.3 Å². The molecule has 0 aliphatic heterocycles. The van der Waals surface area contributed by atoms with Gasteiger partial charge in [-0.15, -0.1) is 0 Å². The molecule has 2 rings (SSSR count). The summed E-state index contributed by atoms with van der Waals surface area (Å²) in [7, 11) is 0. The van der Waals surface area contributed by atoms with Crippen molar-refractivity contribution in [3.63, 3.8) is 0 Å². The molecule has 0 spiro atoms. The van der Waals surface area contributed by atoms with E-state index in [2.05, 4.69) is 38.2 Å². The smallest absolute Gasteiger partial charge is 0.248 e. The number of benzene rings is 2. The van der Waals surface area contributed by atoms with Crippen molar-refractivity contribution in [1.82, 2.24) is 0 Å². The molecule has 1 N–H and O–H groups in total. The van der Waals surface area contributed by atoms with Crippen LogP contribution in [0.1, 0.15) is 37.5 Å². The van der Waals surface area contributed by atoms with Gasteiger partial charge >= 0.3 is 0 Å². The number of hydrogen-bond acceptors (Lipinski definition) is 1. The van der Waals surface area contributed by atoms with Crippen LogP contribution in [0.15, 0.2) is 48.5 Å². The van der Waals surface area contributed by atoms with Gasteiger partial charge in [0, 0.05) is 16.8 Å². The maximum Gasteiger partial charge on any atom is 0.248 e. The number of carbonyl (C=O) groups excluding carboxylic acids is 1. The molecular weight excluding hydrogens is 306 g/mol. The highest BCUT2D eigenvalue weighted by Crippen LogP contribution is 2.23. The Hall–Kier alpha value is -2.06. The van der Waals surface area contributed by atoms with Crippen LogP contribution in [0.4, 0.5) is 5.69 Å². The fourth-order valence-electron chi connectivity index (χ4n) is 2.19. The lowest BCUT2D eigenvalue weighted by atomic mass is 9.86. The number of hydrogen-bond donors (Lipinski definition) is 1. The monoisotopic (exact) mass is 327 g/mol. The Morgan fingerprint density at radius 3 is 2.52 bits per heavy atom. The number of aryl methyl sites for hydroxylation is 1. The van der Waals surface area contributed by atoms with Crippen LogP contribution in [0.2, 0.25) is 5.02 Å². The van der Waals surface area contributed by atoms with Crippen LogP contribution < -0.4 is 5.32 Å². The molecule has 1 amide bonds. The molecule has 0 unspecified atom stereocenters. The Labute approximate surface area is 143 Å². The standard InChI is InChI=1S/C20H22ClNO/c1-14-12-17(9-10-18(14)21)22-19(23)11-8-15-6-5-7-16(13-15)20(2,3)4/h5-13H,1-4H3,(H,22,23)/b11-8+. The van der Waals surface area contributed by atoms with Gasteiger partial charge in [-0.05, 0) is 53.3 Å². The minimum Gasteiger partial charge on any atom is -0.323 e. The Morgan fingerprint density at radius 2 is 1.87 bits per heavy atom. The van der Waals surface area contributed by atoms with Crippen LogP contribution in [0, 0.1) is 6.92 Å². The van der Waals surface area contributed by atoms with E-state index in [4.69, 9.17) is 11.6 Å². The largest absolute Gasteiger partial charge is 0.323 e. The summed E-state index contributed by atoms with van der Waals surface area (Å²) < 4.78 is 0. The zero-order valence-electron chi connectivity index (χ0n) is 14.0. The summed E-state index contributed by atoms with van der Waals surface area (Å²) in [5, 5.41) is 3.53. The van der Waals surface area contributed by atoms with Crippen LogP contribution in [0.3, 0.4) is 0 Å². The zero-order chi connectivity index (χ0) is 17.0. The maximum absolute atomic E-state index is 12.0. The van der Waals surface area contributed by atoms with Gasteiger partial charge in [0.15, 0.2) is 0 Å². The fraction of sp³-hybridized carbons (Fsp3) is 0.250. The minimum atomic E-state index is -0.159. The first kappa shape index (κ1) is 17.3. The quantitative estimate of drug-likeness (QED) is 0.731. The van der Waals surface area contributed by atoms with E-state index in [1.807, 2.05) is 31.2 Å². The maximum atomic E-state index is 12.0. The van der Waals surface area contributed by atoms with Crippen molar-refractivity contribution in [2.75, 3.05) is 5.32 Å². The second-order valence-electron chi connectivity index (χ2n) is 6.66. The molecule has 0 aromatic heterocycles. The highest BCUT2D eigenvalue weighted by Gasteiger charge is 2.12. The topological polar surface area (TPSA) is 29.1 Å². The van der Waals surface area contributed by atoms with Crippen LogP contribution in [0.25, 0.3) is 6.08 Å². The molecule has 0 aliphatic carbocycles. The van der Waals surface area contributed by atoms with Crippen LogP contribution >= 0.6 is 11.6 Å². The molecule has 3 heteroatoms. The first-order chi connectivity index (χ1) is 10.8. The van der Waals surface area contributed by atoms with Gasteiger partial charge in [0.25, 0.3) is 0 Å². The van der Waals surface area contributed by atoms with Gasteiger partial charge < -0.3 is 5.32 Å². The third-order valence-electron chi connectivity index (χ3n) is 3.61. The van der Waals surface area contributed by atoms with Crippen molar-refractivity contribution in [3.8, 4) is 0 Å². The van der Waals surface area contributed by atoms with Gasteiger partial charge in [0.1, 0.15) is 0 Å². The summed E-state index contributed by atoms with van der Waals surface area (Å²) in [6.45, 7) is 8.42. The minimum absolute atomic E-state index is 0.0902. The van der Waals surface area contributed by atoms with Crippen molar-refractivity contribution in [1.29, 1.82) is 0 Å². The molecule has 0 saturated carbocycles. The summed E-state index contributed by atoms with van der Waals surface area (Å²) in [6, 6.07) is 13.6. The summed E-state index contributed by atoms with van der Waals surface area (Å²) >= 11 is 5.98. The lowest BCUT2D eigenvalue weighted by molar-refractivity contribution is -0.111. The summed E-state index contributed by atoms with van der Waals surface area (Å²) in [4.78, 5) is 12.0. The predicted octanol–water partition coefficient (Wildman–Crippen LogP) is 5.60. The van der Waals surface area contributed by atoms with Gasteiger partial charge in [-0.3, -0.25) is 4.79 Å². The SMILES string of the molecule is Cc1cc(NC(=O)/C=C/c2cccc(C(C)(C)C)c2)ccc1Cl. The van der Waals surface area contributed by atoms with Crippen LogP contribution in [-0.4, -0.2) is 5.91 Å². The van der Waals surface area contributed by atoms with Crippen LogP contribution in [0.5, 0.6) is 0 Å². The van der Waals surface area contributed by atoms with Gasteiger partial charge in [-0.25, -0.2) is 0 Å². The first-order valence-corrected chi connectivity index (χ1v) is 7.99. The Morgan fingerprint density at radius 1 is 1.13 bits per heavy atom. The Bertz CT molecular complexity index is 742. The zero-order valence-corrected chi connectivity index (χ0v) is 14.7. The summed E-state index contributed by atoms with van der Waals surface area (Å²) in [6.07, 6.45) is 3.37. The van der Waals surface area contributed by atoms with E-state index in [-0.39, 0.29) is 11.3 Å². The van der Waals surface area contributed by atoms with Crippen molar-refractivity contribution in [3.05, 3.63) is 70.3 Å². The molecule has 23 heavy (non-hydrogen) atoms. The molecule has 0 fully saturated rings. The van der Waals surface area contributed by atoms with E-state index in [1.165, 1.54) is 5.56 Å². The summed E-state index contributed by atoms with van der Waals surface area (Å²) in [5.41, 5.74) is 4.03. The lowest BCUT2D eigenvalue weighted by Gasteiger charge is -2.19. The second-order valence-corrected chi connectivity index (χ2v) is 7.07. The highest BCUT2D eigenvalue weighted by molar-refractivity contribution is 6.31. The van der Waals surface area contributed by atoms with E-state index in [1.54, 1.807) is 18.2 Å². The van der Waals surface area contributed by atoms with Gasteiger partial charge in [-0.1, -0.05) is 56.6 Å². The summed E-state index contributed by atoms with van der Waals surface area (Å²) in [5.74, 6) is -0.159. The third kappa shape index (κ3) is 4.97. The van der Waals surface area contributed by atoms with Gasteiger partial charge in [0.2, 0.25) is 5.91 Å². The lowest BCUT2D eigenvalue weighted by Crippen LogP contribution is -2.11. The number of halogens is 1.